The Balaban J connectivity index is 2.37. The Labute approximate surface area is 82.8 Å². The first-order chi connectivity index (χ1) is 6.74. The normalized spacial score (nSPS) is 17.4. The van der Waals surface area contributed by atoms with Gasteiger partial charge in [-0.2, -0.15) is 5.26 Å². The number of rotatable bonds is 2. The molecule has 0 saturated heterocycles. The lowest BCUT2D eigenvalue weighted by molar-refractivity contribution is 0.454. The number of hydrogen-bond donors (Lipinski definition) is 2. The van der Waals surface area contributed by atoms with Gasteiger partial charge >= 0.3 is 0 Å². The van der Waals surface area contributed by atoms with Crippen molar-refractivity contribution in [2.24, 2.45) is 11.7 Å². The van der Waals surface area contributed by atoms with E-state index in [4.69, 9.17) is 11.0 Å². The standard InChI is InChI=1S/C11H12N2O/c12-6-8-2-1-3-9(11(8)14)10(13)7-4-5-7/h1-3,7,10,14H,4-5,13H2/t10-/m1/s1. The van der Waals surface area contributed by atoms with E-state index < -0.39 is 0 Å². The topological polar surface area (TPSA) is 70.0 Å². The van der Waals surface area contributed by atoms with E-state index in [1.54, 1.807) is 18.2 Å². The number of phenolic OH excluding ortho intramolecular Hbond substituents is 1. The molecule has 1 aliphatic rings. The maximum absolute atomic E-state index is 9.73. The van der Waals surface area contributed by atoms with Crippen molar-refractivity contribution in [1.82, 2.24) is 0 Å². The molecule has 0 aromatic heterocycles. The van der Waals surface area contributed by atoms with Gasteiger partial charge in [0, 0.05) is 11.6 Å². The fourth-order valence-corrected chi connectivity index (χ4v) is 1.63. The number of aromatic hydroxyl groups is 1. The van der Waals surface area contributed by atoms with Crippen molar-refractivity contribution in [3.05, 3.63) is 29.3 Å². The van der Waals surface area contributed by atoms with Crippen molar-refractivity contribution in [3.8, 4) is 11.8 Å². The monoisotopic (exact) mass is 188 g/mol. The van der Waals surface area contributed by atoms with Gasteiger partial charge in [-0.05, 0) is 24.8 Å². The van der Waals surface area contributed by atoms with Crippen LogP contribution in [-0.2, 0) is 0 Å². The highest BCUT2D eigenvalue weighted by molar-refractivity contribution is 5.48. The second-order valence-electron chi connectivity index (χ2n) is 3.72. The third-order valence-corrected chi connectivity index (χ3v) is 2.68. The zero-order valence-electron chi connectivity index (χ0n) is 7.77. The second-order valence-corrected chi connectivity index (χ2v) is 3.72. The third kappa shape index (κ3) is 1.45. The van der Waals surface area contributed by atoms with Gasteiger partial charge in [0.25, 0.3) is 0 Å². The molecule has 1 aromatic rings. The van der Waals surface area contributed by atoms with E-state index in [1.165, 1.54) is 0 Å². The number of para-hydroxylation sites is 1. The largest absolute Gasteiger partial charge is 0.506 e. The van der Waals surface area contributed by atoms with Crippen LogP contribution in [0.1, 0.15) is 30.0 Å². The molecule has 14 heavy (non-hydrogen) atoms. The van der Waals surface area contributed by atoms with Crippen molar-refractivity contribution < 1.29 is 5.11 Å². The van der Waals surface area contributed by atoms with Gasteiger partial charge < -0.3 is 10.8 Å². The molecule has 1 aromatic carbocycles. The van der Waals surface area contributed by atoms with E-state index in [0.29, 0.717) is 17.0 Å². The van der Waals surface area contributed by atoms with E-state index in [1.807, 2.05) is 6.07 Å². The number of nitriles is 1. The lowest BCUT2D eigenvalue weighted by atomic mass is 10.00. The van der Waals surface area contributed by atoms with Gasteiger partial charge in [0.15, 0.2) is 0 Å². The first-order valence-corrected chi connectivity index (χ1v) is 4.71. The summed E-state index contributed by atoms with van der Waals surface area (Å²) in [7, 11) is 0. The quantitative estimate of drug-likeness (QED) is 0.741. The van der Waals surface area contributed by atoms with Crippen molar-refractivity contribution in [2.45, 2.75) is 18.9 Å². The lowest BCUT2D eigenvalue weighted by Gasteiger charge is -2.12. The van der Waals surface area contributed by atoms with Gasteiger partial charge in [-0.25, -0.2) is 0 Å². The Morgan fingerprint density at radius 1 is 1.50 bits per heavy atom. The maximum Gasteiger partial charge on any atom is 0.138 e. The van der Waals surface area contributed by atoms with Gasteiger partial charge in [-0.3, -0.25) is 0 Å². The maximum atomic E-state index is 9.73. The number of nitrogens with two attached hydrogens (primary N) is 1. The molecular weight excluding hydrogens is 176 g/mol. The Hall–Kier alpha value is -1.53. The van der Waals surface area contributed by atoms with Crippen LogP contribution in [-0.4, -0.2) is 5.11 Å². The number of hydrogen-bond acceptors (Lipinski definition) is 3. The minimum absolute atomic E-state index is 0.0504. The van der Waals surface area contributed by atoms with Crippen molar-refractivity contribution in [1.29, 1.82) is 5.26 Å². The first-order valence-electron chi connectivity index (χ1n) is 4.71. The summed E-state index contributed by atoms with van der Waals surface area (Å²) in [6, 6.07) is 6.97. The van der Waals surface area contributed by atoms with Crippen LogP contribution in [0.5, 0.6) is 5.75 Å². The molecule has 3 N–H and O–H groups in total. The number of nitrogens with zero attached hydrogens (tertiary/aromatic N) is 1. The van der Waals surface area contributed by atoms with E-state index >= 15 is 0 Å². The van der Waals surface area contributed by atoms with Crippen LogP contribution in [0.15, 0.2) is 18.2 Å². The molecule has 2 rings (SSSR count). The van der Waals surface area contributed by atoms with Crippen LogP contribution >= 0.6 is 0 Å². The molecule has 0 bridgehead atoms. The summed E-state index contributed by atoms with van der Waals surface area (Å²) in [5, 5.41) is 18.5. The van der Waals surface area contributed by atoms with E-state index in [0.717, 1.165) is 12.8 Å². The highest BCUT2D eigenvalue weighted by Crippen LogP contribution is 2.42. The summed E-state index contributed by atoms with van der Waals surface area (Å²) in [5.41, 5.74) is 6.96. The average molecular weight is 188 g/mol. The zero-order chi connectivity index (χ0) is 10.1. The van der Waals surface area contributed by atoms with Crippen LogP contribution in [0.2, 0.25) is 0 Å². The molecule has 1 aliphatic carbocycles. The summed E-state index contributed by atoms with van der Waals surface area (Å²) in [6.45, 7) is 0. The molecule has 1 saturated carbocycles. The smallest absolute Gasteiger partial charge is 0.138 e. The molecule has 0 radical (unpaired) electrons. The first kappa shape index (κ1) is 9.04. The minimum atomic E-state index is -0.122. The van der Waals surface area contributed by atoms with Crippen LogP contribution in [0.3, 0.4) is 0 Å². The van der Waals surface area contributed by atoms with Crippen molar-refractivity contribution >= 4 is 0 Å². The van der Waals surface area contributed by atoms with E-state index in [-0.39, 0.29) is 11.8 Å². The minimum Gasteiger partial charge on any atom is -0.506 e. The molecule has 0 unspecified atom stereocenters. The predicted molar refractivity (Wildman–Crippen MR) is 52.5 cm³/mol. The SMILES string of the molecule is N#Cc1cccc([C@H](N)C2CC2)c1O. The molecule has 3 nitrogen and oxygen atoms in total. The van der Waals surface area contributed by atoms with Crippen LogP contribution in [0, 0.1) is 17.2 Å². The van der Waals surface area contributed by atoms with Crippen molar-refractivity contribution in [3.63, 3.8) is 0 Å². The van der Waals surface area contributed by atoms with Crippen molar-refractivity contribution in [2.75, 3.05) is 0 Å². The Morgan fingerprint density at radius 2 is 2.21 bits per heavy atom. The molecule has 0 spiro atoms. The second kappa shape index (κ2) is 3.32. The molecule has 72 valence electrons. The highest BCUT2D eigenvalue weighted by Gasteiger charge is 2.31. The number of benzene rings is 1. The fraction of sp³-hybridized carbons (Fsp3) is 0.364. The van der Waals surface area contributed by atoms with Gasteiger partial charge in [-0.1, -0.05) is 12.1 Å². The van der Waals surface area contributed by atoms with Crippen LogP contribution in [0.25, 0.3) is 0 Å². The van der Waals surface area contributed by atoms with Crippen LogP contribution in [0.4, 0.5) is 0 Å². The van der Waals surface area contributed by atoms with Gasteiger partial charge in [0.05, 0.1) is 5.56 Å². The molecule has 0 amide bonds. The number of phenols is 1. The summed E-state index contributed by atoms with van der Waals surface area (Å²) in [6.07, 6.45) is 2.24. The predicted octanol–water partition coefficient (Wildman–Crippen LogP) is 1.67. The summed E-state index contributed by atoms with van der Waals surface area (Å²) < 4.78 is 0. The Morgan fingerprint density at radius 3 is 2.79 bits per heavy atom. The van der Waals surface area contributed by atoms with Gasteiger partial charge in [0.2, 0.25) is 0 Å². The zero-order valence-corrected chi connectivity index (χ0v) is 7.77. The average Bonchev–Trinajstić information content (AvgIpc) is 3.00. The molecular formula is C11H12N2O. The van der Waals surface area contributed by atoms with Gasteiger partial charge in [0.1, 0.15) is 11.8 Å². The molecule has 3 heteroatoms. The molecule has 1 fully saturated rings. The lowest BCUT2D eigenvalue weighted by Crippen LogP contribution is -2.12. The summed E-state index contributed by atoms with van der Waals surface area (Å²) in [5.74, 6) is 0.532. The summed E-state index contributed by atoms with van der Waals surface area (Å²) >= 11 is 0. The third-order valence-electron chi connectivity index (χ3n) is 2.68. The molecule has 0 aliphatic heterocycles. The van der Waals surface area contributed by atoms with E-state index in [9.17, 15) is 5.11 Å². The fourth-order valence-electron chi connectivity index (χ4n) is 1.63. The summed E-state index contributed by atoms with van der Waals surface area (Å²) in [4.78, 5) is 0. The molecule has 0 heterocycles. The van der Waals surface area contributed by atoms with Gasteiger partial charge in [-0.15, -0.1) is 0 Å². The Bertz CT molecular complexity index is 391. The highest BCUT2D eigenvalue weighted by atomic mass is 16.3. The molecule has 1 atom stereocenters. The Kier molecular flexibility index (Phi) is 2.14. The van der Waals surface area contributed by atoms with Crippen LogP contribution < -0.4 is 5.73 Å². The van der Waals surface area contributed by atoms with E-state index in [2.05, 4.69) is 0 Å².